The van der Waals surface area contributed by atoms with Crippen LogP contribution >= 0.6 is 11.6 Å². The number of alkyl halides is 3. The topological polar surface area (TPSA) is 110 Å². The van der Waals surface area contributed by atoms with E-state index in [0.717, 1.165) is 4.90 Å². The number of amides is 4. The first-order valence-corrected chi connectivity index (χ1v) is 10.8. The van der Waals surface area contributed by atoms with Gasteiger partial charge in [-0.1, -0.05) is 23.7 Å². The van der Waals surface area contributed by atoms with Crippen LogP contribution in [0.25, 0.3) is 0 Å². The number of rotatable bonds is 5. The summed E-state index contributed by atoms with van der Waals surface area (Å²) < 4.78 is 41.4. The number of carbonyl (C=O) groups excluding carboxylic acids is 4. The maximum Gasteiger partial charge on any atom is 0.389 e. The Morgan fingerprint density at radius 3 is 2.53 bits per heavy atom. The van der Waals surface area contributed by atoms with Crippen molar-refractivity contribution in [2.75, 3.05) is 0 Å². The number of piperidine rings is 1. The molecule has 2 heterocycles. The number of carbonyl (C=O) groups is 4. The molecule has 4 amide bonds. The molecule has 3 N–H and O–H groups in total. The molecule has 2 unspecified atom stereocenters. The van der Waals surface area contributed by atoms with Crippen LogP contribution in [0.15, 0.2) is 42.5 Å². The summed E-state index contributed by atoms with van der Waals surface area (Å²) in [6.45, 7) is 0. The Kier molecular flexibility index (Phi) is 6.11. The summed E-state index contributed by atoms with van der Waals surface area (Å²) in [4.78, 5) is 50.6. The van der Waals surface area contributed by atoms with Crippen molar-refractivity contribution in [1.82, 2.24) is 10.2 Å². The van der Waals surface area contributed by atoms with E-state index in [1.165, 1.54) is 42.5 Å². The zero-order valence-electron chi connectivity index (χ0n) is 17.6. The van der Waals surface area contributed by atoms with E-state index in [1.807, 2.05) is 0 Å². The number of hydrogen-bond donors (Lipinski definition) is 2. The van der Waals surface area contributed by atoms with Crippen molar-refractivity contribution in [2.24, 2.45) is 5.73 Å². The summed E-state index contributed by atoms with van der Waals surface area (Å²) in [5.41, 5.74) is 5.81. The summed E-state index contributed by atoms with van der Waals surface area (Å²) in [6, 6.07) is 7.33. The van der Waals surface area contributed by atoms with E-state index in [9.17, 15) is 32.3 Å². The molecular formula is C23H19ClF3N3O4. The lowest BCUT2D eigenvalue weighted by Crippen LogP contribution is -2.54. The minimum Gasteiger partial charge on any atom is -0.366 e. The molecule has 3 atom stereocenters. The second-order valence-electron chi connectivity index (χ2n) is 8.27. The fraction of sp³-hybridized carbons (Fsp3) is 0.304. The first kappa shape index (κ1) is 23.7. The monoisotopic (exact) mass is 493 g/mol. The Bertz CT molecular complexity index is 1200. The maximum atomic E-state index is 13.8. The number of nitrogens with two attached hydrogens (primary N) is 1. The van der Waals surface area contributed by atoms with Crippen LogP contribution < -0.4 is 11.1 Å². The lowest BCUT2D eigenvalue weighted by atomic mass is 9.83. The average Bonchev–Trinajstić information content (AvgIpc) is 3.03. The summed E-state index contributed by atoms with van der Waals surface area (Å²) >= 11 is 6.06. The Labute approximate surface area is 197 Å². The quantitative estimate of drug-likeness (QED) is 0.621. The van der Waals surface area contributed by atoms with E-state index in [-0.39, 0.29) is 40.1 Å². The van der Waals surface area contributed by atoms with Crippen LogP contribution in [0.3, 0.4) is 0 Å². The molecule has 34 heavy (non-hydrogen) atoms. The van der Waals surface area contributed by atoms with Gasteiger partial charge in [0.2, 0.25) is 17.7 Å². The summed E-state index contributed by atoms with van der Waals surface area (Å²) in [5.74, 6) is -4.13. The zero-order chi connectivity index (χ0) is 24.8. The standard InChI is InChI=1S/C23H19ClF3N3O4/c24-13-3-1-2-11(8-13)16(10-23(25,26)27)19-15-9-12(20(28)32)4-5-14(15)22(34)30(19)17-6-7-18(31)29-21(17)33/h1-5,8-9,16-17,19H,6-7,10H2,(H2,28,32)(H,29,31,33)/t16-,17?,19?/m1/s1. The van der Waals surface area contributed by atoms with Crippen molar-refractivity contribution in [3.63, 3.8) is 0 Å². The molecule has 11 heteroatoms. The predicted octanol–water partition coefficient (Wildman–Crippen LogP) is 3.48. The van der Waals surface area contributed by atoms with E-state index in [1.54, 1.807) is 0 Å². The molecule has 2 aromatic carbocycles. The molecule has 0 aromatic heterocycles. The smallest absolute Gasteiger partial charge is 0.366 e. The van der Waals surface area contributed by atoms with Gasteiger partial charge in [-0.3, -0.25) is 24.5 Å². The highest BCUT2D eigenvalue weighted by atomic mass is 35.5. The van der Waals surface area contributed by atoms with Gasteiger partial charge in [-0.2, -0.15) is 13.2 Å². The zero-order valence-corrected chi connectivity index (χ0v) is 18.3. The molecule has 0 saturated carbocycles. The third-order valence-corrected chi connectivity index (χ3v) is 6.31. The highest BCUT2D eigenvalue weighted by Gasteiger charge is 2.50. The first-order valence-electron chi connectivity index (χ1n) is 10.4. The molecular weight excluding hydrogens is 475 g/mol. The van der Waals surface area contributed by atoms with E-state index in [4.69, 9.17) is 17.3 Å². The van der Waals surface area contributed by atoms with Crippen LogP contribution in [0.5, 0.6) is 0 Å². The highest BCUT2D eigenvalue weighted by Crippen LogP contribution is 2.49. The number of hydrogen-bond acceptors (Lipinski definition) is 4. The summed E-state index contributed by atoms with van der Waals surface area (Å²) in [6.07, 6.45) is -6.07. The van der Waals surface area contributed by atoms with Gasteiger partial charge in [0.1, 0.15) is 6.04 Å². The molecule has 0 radical (unpaired) electrons. The maximum absolute atomic E-state index is 13.8. The Hall–Kier alpha value is -3.40. The molecule has 2 aliphatic rings. The molecule has 2 aromatic rings. The minimum absolute atomic E-state index is 0.0125. The largest absolute Gasteiger partial charge is 0.389 e. The third-order valence-electron chi connectivity index (χ3n) is 6.07. The van der Waals surface area contributed by atoms with Gasteiger partial charge in [-0.05, 0) is 47.9 Å². The molecule has 2 aliphatic heterocycles. The SMILES string of the molecule is NC(=O)c1ccc2c(c1)C([C@H](CC(F)(F)F)c1cccc(Cl)c1)N(C1CCC(=O)NC1=O)C2=O. The fourth-order valence-electron chi connectivity index (χ4n) is 4.66. The molecule has 1 saturated heterocycles. The molecule has 4 rings (SSSR count). The van der Waals surface area contributed by atoms with Gasteiger partial charge in [0, 0.05) is 28.5 Å². The number of primary amides is 1. The van der Waals surface area contributed by atoms with E-state index in [0.29, 0.717) is 0 Å². The van der Waals surface area contributed by atoms with Crippen molar-refractivity contribution in [3.8, 4) is 0 Å². The third kappa shape index (κ3) is 4.50. The van der Waals surface area contributed by atoms with Crippen molar-refractivity contribution in [3.05, 3.63) is 69.7 Å². The van der Waals surface area contributed by atoms with Gasteiger partial charge in [0.05, 0.1) is 12.5 Å². The molecule has 0 spiro atoms. The van der Waals surface area contributed by atoms with Gasteiger partial charge in [0.15, 0.2) is 0 Å². The van der Waals surface area contributed by atoms with Crippen LogP contribution in [-0.4, -0.2) is 40.7 Å². The van der Waals surface area contributed by atoms with Gasteiger partial charge < -0.3 is 10.6 Å². The van der Waals surface area contributed by atoms with Crippen molar-refractivity contribution in [2.45, 2.75) is 43.4 Å². The van der Waals surface area contributed by atoms with E-state index >= 15 is 0 Å². The van der Waals surface area contributed by atoms with Gasteiger partial charge in [0.25, 0.3) is 5.91 Å². The number of nitrogens with one attached hydrogen (secondary N) is 1. The lowest BCUT2D eigenvalue weighted by Gasteiger charge is -2.38. The average molecular weight is 494 g/mol. The van der Waals surface area contributed by atoms with Crippen molar-refractivity contribution < 1.29 is 32.3 Å². The molecule has 0 bridgehead atoms. The number of halogens is 4. The van der Waals surface area contributed by atoms with Gasteiger partial charge >= 0.3 is 6.18 Å². The van der Waals surface area contributed by atoms with Crippen LogP contribution in [0, 0.1) is 0 Å². The molecule has 1 fully saturated rings. The fourth-order valence-corrected chi connectivity index (χ4v) is 4.86. The van der Waals surface area contributed by atoms with E-state index < -0.39 is 54.2 Å². The second-order valence-corrected chi connectivity index (χ2v) is 8.71. The van der Waals surface area contributed by atoms with Crippen molar-refractivity contribution in [1.29, 1.82) is 0 Å². The normalized spacial score (nSPS) is 21.3. The van der Waals surface area contributed by atoms with E-state index in [2.05, 4.69) is 5.32 Å². The number of nitrogens with zero attached hydrogens (tertiary/aromatic N) is 1. The first-order chi connectivity index (χ1) is 16.0. The molecule has 0 aliphatic carbocycles. The Balaban J connectivity index is 1.92. The highest BCUT2D eigenvalue weighted by molar-refractivity contribution is 6.30. The lowest BCUT2D eigenvalue weighted by molar-refractivity contribution is -0.144. The second kappa shape index (κ2) is 8.75. The van der Waals surface area contributed by atoms with Crippen molar-refractivity contribution >= 4 is 35.2 Å². The Morgan fingerprint density at radius 1 is 1.18 bits per heavy atom. The van der Waals surface area contributed by atoms with Crippen LogP contribution in [-0.2, 0) is 9.59 Å². The summed E-state index contributed by atoms with van der Waals surface area (Å²) in [7, 11) is 0. The predicted molar refractivity (Wildman–Crippen MR) is 115 cm³/mol. The number of benzene rings is 2. The van der Waals surface area contributed by atoms with Crippen LogP contribution in [0.1, 0.15) is 63.1 Å². The van der Waals surface area contributed by atoms with Gasteiger partial charge in [-0.15, -0.1) is 0 Å². The molecule has 178 valence electrons. The minimum atomic E-state index is -4.63. The van der Waals surface area contributed by atoms with Crippen LogP contribution in [0.4, 0.5) is 13.2 Å². The Morgan fingerprint density at radius 2 is 1.91 bits per heavy atom. The number of imide groups is 1. The van der Waals surface area contributed by atoms with Crippen LogP contribution in [0.2, 0.25) is 5.02 Å². The molecule has 7 nitrogen and oxygen atoms in total. The van der Waals surface area contributed by atoms with Gasteiger partial charge in [-0.25, -0.2) is 0 Å². The number of fused-ring (bicyclic) bond motifs is 1. The summed E-state index contributed by atoms with van der Waals surface area (Å²) in [5, 5.41) is 2.35.